The van der Waals surface area contributed by atoms with E-state index in [0.717, 1.165) is 10.8 Å². The Morgan fingerprint density at radius 1 is 0.529 bits per heavy atom. The zero-order valence-electron chi connectivity index (χ0n) is 18.9. The molecule has 34 heavy (non-hydrogen) atoms. The van der Waals surface area contributed by atoms with E-state index in [0.29, 0.717) is 47.3 Å². The Morgan fingerprint density at radius 3 is 1.29 bits per heavy atom. The van der Waals surface area contributed by atoms with Gasteiger partial charge in [-0.15, -0.1) is 0 Å². The number of rotatable bonds is 8. The summed E-state index contributed by atoms with van der Waals surface area (Å²) in [5, 5.41) is 1.69. The number of hydrogen-bond acceptors (Lipinski definition) is 6. The third kappa shape index (κ3) is 5.53. The Morgan fingerprint density at radius 2 is 0.912 bits per heavy atom. The summed E-state index contributed by atoms with van der Waals surface area (Å²) in [6, 6.07) is 24.1. The molecule has 0 saturated heterocycles. The molecule has 0 aliphatic rings. The van der Waals surface area contributed by atoms with E-state index in [2.05, 4.69) is 0 Å². The summed E-state index contributed by atoms with van der Waals surface area (Å²) in [5.74, 6) is 1.22. The molecule has 0 spiro atoms. The Balaban J connectivity index is 1.46. The van der Waals surface area contributed by atoms with Gasteiger partial charge in [0.25, 0.3) is 0 Å². The van der Waals surface area contributed by atoms with E-state index in [9.17, 15) is 9.59 Å². The number of hydrogen-bond donors (Lipinski definition) is 0. The van der Waals surface area contributed by atoms with Crippen LogP contribution in [-0.4, -0.2) is 25.2 Å². The summed E-state index contributed by atoms with van der Waals surface area (Å²) in [7, 11) is 0. The zero-order chi connectivity index (χ0) is 23.9. The van der Waals surface area contributed by atoms with Gasteiger partial charge in [-0.2, -0.15) is 0 Å². The highest BCUT2D eigenvalue weighted by Gasteiger charge is 2.12. The number of carbonyl (C=O) groups is 2. The van der Waals surface area contributed by atoms with Crippen molar-refractivity contribution in [3.8, 4) is 23.0 Å². The van der Waals surface area contributed by atoms with Gasteiger partial charge in [-0.1, -0.05) is 12.1 Å². The lowest BCUT2D eigenvalue weighted by molar-refractivity contribution is 0.0726. The summed E-state index contributed by atoms with van der Waals surface area (Å²) < 4.78 is 21.9. The topological polar surface area (TPSA) is 71.1 Å². The SMILES string of the molecule is CCOc1ccc(C(=O)Oc2ccc3ccc(OC(=O)c4ccc(OCC)cc4)cc3c2)cc1. The van der Waals surface area contributed by atoms with Crippen LogP contribution in [0.5, 0.6) is 23.0 Å². The number of ether oxygens (including phenoxy) is 4. The van der Waals surface area contributed by atoms with Gasteiger partial charge < -0.3 is 18.9 Å². The number of carbonyl (C=O) groups excluding carboxylic acids is 2. The quantitative estimate of drug-likeness (QED) is 0.237. The minimum Gasteiger partial charge on any atom is -0.494 e. The molecule has 0 fully saturated rings. The number of benzene rings is 4. The second-order valence-corrected chi connectivity index (χ2v) is 7.36. The molecule has 0 radical (unpaired) electrons. The molecule has 0 atom stereocenters. The van der Waals surface area contributed by atoms with E-state index in [1.165, 1.54) is 0 Å². The normalized spacial score (nSPS) is 10.5. The van der Waals surface area contributed by atoms with Crippen LogP contribution in [0.25, 0.3) is 10.8 Å². The van der Waals surface area contributed by atoms with Crippen LogP contribution in [0, 0.1) is 0 Å². The molecule has 0 saturated carbocycles. The van der Waals surface area contributed by atoms with Crippen LogP contribution >= 0.6 is 0 Å². The maximum atomic E-state index is 12.5. The highest BCUT2D eigenvalue weighted by Crippen LogP contribution is 2.26. The minimum absolute atomic E-state index is 0.390. The minimum atomic E-state index is -0.472. The van der Waals surface area contributed by atoms with E-state index in [1.807, 2.05) is 26.0 Å². The van der Waals surface area contributed by atoms with Gasteiger partial charge in [0.1, 0.15) is 23.0 Å². The van der Waals surface area contributed by atoms with E-state index < -0.39 is 11.9 Å². The van der Waals surface area contributed by atoms with Gasteiger partial charge in [0.2, 0.25) is 0 Å². The van der Waals surface area contributed by atoms with Crippen molar-refractivity contribution in [2.45, 2.75) is 13.8 Å². The maximum Gasteiger partial charge on any atom is 0.343 e. The molecule has 0 N–H and O–H groups in total. The second-order valence-electron chi connectivity index (χ2n) is 7.36. The highest BCUT2D eigenvalue weighted by atomic mass is 16.5. The van der Waals surface area contributed by atoms with Crippen molar-refractivity contribution in [2.24, 2.45) is 0 Å². The largest absolute Gasteiger partial charge is 0.494 e. The van der Waals surface area contributed by atoms with Gasteiger partial charge in [-0.25, -0.2) is 9.59 Å². The van der Waals surface area contributed by atoms with E-state index >= 15 is 0 Å². The van der Waals surface area contributed by atoms with Crippen LogP contribution in [0.3, 0.4) is 0 Å². The van der Waals surface area contributed by atoms with E-state index in [1.54, 1.807) is 72.8 Å². The van der Waals surface area contributed by atoms with Gasteiger partial charge in [0, 0.05) is 0 Å². The Hall–Kier alpha value is -4.32. The summed E-state index contributed by atoms with van der Waals surface area (Å²) in [5.41, 5.74) is 0.836. The van der Waals surface area contributed by atoms with Crippen LogP contribution in [-0.2, 0) is 0 Å². The molecule has 0 aromatic heterocycles. The predicted molar refractivity (Wildman–Crippen MR) is 129 cm³/mol. The molecule has 172 valence electrons. The first-order valence-electron chi connectivity index (χ1n) is 11.0. The standard InChI is InChI=1S/C28H24O6/c1-3-31-23-11-7-20(8-12-23)27(29)33-25-15-5-19-6-16-26(18-22(19)17-25)34-28(30)21-9-13-24(14-10-21)32-4-2/h5-18H,3-4H2,1-2H3. The molecule has 0 heterocycles. The molecule has 4 aromatic rings. The summed E-state index contributed by atoms with van der Waals surface area (Å²) in [6.45, 7) is 4.90. The summed E-state index contributed by atoms with van der Waals surface area (Å²) in [6.07, 6.45) is 0. The second kappa shape index (κ2) is 10.5. The Bertz CT molecular complexity index is 1190. The van der Waals surface area contributed by atoms with Gasteiger partial charge in [-0.3, -0.25) is 0 Å². The molecule has 6 heteroatoms. The third-order valence-electron chi connectivity index (χ3n) is 5.01. The first-order chi connectivity index (χ1) is 16.6. The first-order valence-corrected chi connectivity index (χ1v) is 11.0. The molecule has 4 aromatic carbocycles. The van der Waals surface area contributed by atoms with Crippen molar-refractivity contribution in [3.05, 3.63) is 96.1 Å². The number of esters is 2. The summed E-state index contributed by atoms with van der Waals surface area (Å²) >= 11 is 0. The van der Waals surface area contributed by atoms with Crippen LogP contribution < -0.4 is 18.9 Å². The molecular weight excluding hydrogens is 432 g/mol. The third-order valence-corrected chi connectivity index (χ3v) is 5.01. The fourth-order valence-electron chi connectivity index (χ4n) is 3.37. The van der Waals surface area contributed by atoms with Gasteiger partial charge in [0.15, 0.2) is 0 Å². The van der Waals surface area contributed by atoms with Crippen molar-refractivity contribution in [1.82, 2.24) is 0 Å². The van der Waals surface area contributed by atoms with Crippen LogP contribution in [0.4, 0.5) is 0 Å². The molecule has 0 aliphatic carbocycles. The maximum absolute atomic E-state index is 12.5. The smallest absolute Gasteiger partial charge is 0.343 e. The lowest BCUT2D eigenvalue weighted by atomic mass is 10.1. The zero-order valence-corrected chi connectivity index (χ0v) is 18.9. The Kier molecular flexibility index (Phi) is 7.08. The molecule has 4 rings (SSSR count). The first kappa shape index (κ1) is 22.9. The van der Waals surface area contributed by atoms with Gasteiger partial charge in [-0.05, 0) is 97.4 Å². The molecule has 6 nitrogen and oxygen atoms in total. The average molecular weight is 456 g/mol. The fraction of sp³-hybridized carbons (Fsp3) is 0.143. The number of fused-ring (bicyclic) bond motifs is 1. The molecular formula is C28H24O6. The van der Waals surface area contributed by atoms with Crippen molar-refractivity contribution >= 4 is 22.7 Å². The van der Waals surface area contributed by atoms with Crippen molar-refractivity contribution in [3.63, 3.8) is 0 Å². The lowest BCUT2D eigenvalue weighted by Gasteiger charge is -2.09. The van der Waals surface area contributed by atoms with Crippen LogP contribution in [0.2, 0.25) is 0 Å². The Labute approximate surface area is 197 Å². The van der Waals surface area contributed by atoms with Gasteiger partial charge >= 0.3 is 11.9 Å². The van der Waals surface area contributed by atoms with Crippen molar-refractivity contribution < 1.29 is 28.5 Å². The predicted octanol–water partition coefficient (Wildman–Crippen LogP) is 6.08. The van der Waals surface area contributed by atoms with E-state index in [4.69, 9.17) is 18.9 Å². The molecule has 0 amide bonds. The highest BCUT2D eigenvalue weighted by molar-refractivity contribution is 5.93. The molecule has 0 bridgehead atoms. The van der Waals surface area contributed by atoms with Crippen molar-refractivity contribution in [1.29, 1.82) is 0 Å². The lowest BCUT2D eigenvalue weighted by Crippen LogP contribution is -2.09. The van der Waals surface area contributed by atoms with E-state index in [-0.39, 0.29) is 0 Å². The molecule has 0 aliphatic heterocycles. The fourth-order valence-corrected chi connectivity index (χ4v) is 3.37. The molecule has 0 unspecified atom stereocenters. The van der Waals surface area contributed by atoms with Gasteiger partial charge in [0.05, 0.1) is 24.3 Å². The van der Waals surface area contributed by atoms with Crippen molar-refractivity contribution in [2.75, 3.05) is 13.2 Å². The van der Waals surface area contributed by atoms with Crippen LogP contribution in [0.1, 0.15) is 34.6 Å². The average Bonchev–Trinajstić information content (AvgIpc) is 2.85. The summed E-state index contributed by atoms with van der Waals surface area (Å²) in [4.78, 5) is 25.0. The monoisotopic (exact) mass is 456 g/mol. The van der Waals surface area contributed by atoms with Crippen LogP contribution in [0.15, 0.2) is 84.9 Å².